The van der Waals surface area contributed by atoms with Gasteiger partial charge in [-0.3, -0.25) is 14.9 Å². The average molecular weight is 533 g/mol. The van der Waals surface area contributed by atoms with Crippen molar-refractivity contribution in [3.8, 4) is 0 Å². The maximum absolute atomic E-state index is 13.2. The number of nitrogens with zero attached hydrogens (tertiary/aromatic N) is 3. The molecule has 0 spiro atoms. The number of aromatic nitrogens is 3. The number of hydrogen-bond acceptors (Lipinski definition) is 7. The summed E-state index contributed by atoms with van der Waals surface area (Å²) in [5.41, 5.74) is -1.88. The molecule has 2 amide bonds. The number of rotatable bonds is 6. The number of carbonyl (C=O) groups is 2. The van der Waals surface area contributed by atoms with Crippen LogP contribution in [0.1, 0.15) is 57.5 Å². The van der Waals surface area contributed by atoms with Gasteiger partial charge in [0.2, 0.25) is 5.91 Å². The number of benzene rings is 1. The maximum atomic E-state index is 13.2. The third-order valence-corrected chi connectivity index (χ3v) is 5.09. The first kappa shape index (κ1) is 28.3. The lowest BCUT2D eigenvalue weighted by molar-refractivity contribution is -0.141. The van der Waals surface area contributed by atoms with Crippen LogP contribution in [0.25, 0.3) is 10.9 Å². The van der Waals surface area contributed by atoms with E-state index in [1.54, 1.807) is 34.6 Å². The standard InChI is InChI=1S/C25H27F3N6O4/c1-13(2)20-21-16(8-9-18(32-21)25(26,27)28)22(36)34(33-20)12-19(35)30-15-7-6-14(11-29)17(10-15)31-23(37)38-24(3,4)5/h6-11,13,29H,12H2,1-5H3,(H,30,35)(H,31,37). The fourth-order valence-corrected chi connectivity index (χ4v) is 3.46. The van der Waals surface area contributed by atoms with Crippen LogP contribution in [-0.4, -0.2) is 38.6 Å². The quantitative estimate of drug-likeness (QED) is 0.385. The van der Waals surface area contributed by atoms with Crippen molar-refractivity contribution in [2.75, 3.05) is 10.6 Å². The van der Waals surface area contributed by atoms with Gasteiger partial charge in [-0.1, -0.05) is 13.8 Å². The Morgan fingerprint density at radius 1 is 1.13 bits per heavy atom. The van der Waals surface area contributed by atoms with Crippen LogP contribution in [-0.2, 0) is 22.3 Å². The van der Waals surface area contributed by atoms with Crippen molar-refractivity contribution in [1.29, 1.82) is 5.41 Å². The Morgan fingerprint density at radius 2 is 1.82 bits per heavy atom. The van der Waals surface area contributed by atoms with E-state index >= 15 is 0 Å². The van der Waals surface area contributed by atoms with E-state index in [0.717, 1.165) is 17.0 Å². The third-order valence-electron chi connectivity index (χ3n) is 5.09. The first-order valence-electron chi connectivity index (χ1n) is 11.5. The molecule has 0 atom stereocenters. The minimum Gasteiger partial charge on any atom is -0.444 e. The summed E-state index contributed by atoms with van der Waals surface area (Å²) in [6.45, 7) is 7.92. The molecule has 0 saturated heterocycles. The number of pyridine rings is 1. The van der Waals surface area contributed by atoms with Crippen molar-refractivity contribution in [2.45, 2.75) is 58.9 Å². The number of fused-ring (bicyclic) bond motifs is 1. The summed E-state index contributed by atoms with van der Waals surface area (Å²) in [4.78, 5) is 41.5. The molecule has 3 aromatic rings. The average Bonchev–Trinajstić information content (AvgIpc) is 2.78. The van der Waals surface area contributed by atoms with Crippen molar-refractivity contribution in [3.05, 3.63) is 57.6 Å². The molecule has 10 nitrogen and oxygen atoms in total. The second kappa shape index (κ2) is 10.6. The van der Waals surface area contributed by atoms with Crippen molar-refractivity contribution < 1.29 is 27.5 Å². The number of hydrogen-bond donors (Lipinski definition) is 3. The summed E-state index contributed by atoms with van der Waals surface area (Å²) >= 11 is 0. The van der Waals surface area contributed by atoms with Crippen molar-refractivity contribution in [3.63, 3.8) is 0 Å². The zero-order valence-corrected chi connectivity index (χ0v) is 21.4. The molecule has 0 fully saturated rings. The topological polar surface area (TPSA) is 139 Å². The van der Waals surface area contributed by atoms with E-state index in [1.165, 1.54) is 18.2 Å². The largest absolute Gasteiger partial charge is 0.444 e. The lowest BCUT2D eigenvalue weighted by Crippen LogP contribution is -2.31. The Morgan fingerprint density at radius 3 is 2.39 bits per heavy atom. The Labute approximate surface area is 215 Å². The van der Waals surface area contributed by atoms with Crippen LogP contribution in [0, 0.1) is 5.41 Å². The van der Waals surface area contributed by atoms with Gasteiger partial charge in [-0.2, -0.15) is 18.3 Å². The fraction of sp³-hybridized carbons (Fsp3) is 0.360. The van der Waals surface area contributed by atoms with Crippen LogP contribution < -0.4 is 16.2 Å². The highest BCUT2D eigenvalue weighted by Crippen LogP contribution is 2.30. The summed E-state index contributed by atoms with van der Waals surface area (Å²) in [7, 11) is 0. The van der Waals surface area contributed by atoms with E-state index in [4.69, 9.17) is 10.1 Å². The number of halogens is 3. The molecule has 0 bridgehead atoms. The molecule has 0 aliphatic rings. The van der Waals surface area contributed by atoms with Gasteiger partial charge in [0.1, 0.15) is 23.4 Å². The van der Waals surface area contributed by atoms with Crippen LogP contribution in [0.2, 0.25) is 0 Å². The van der Waals surface area contributed by atoms with Crippen LogP contribution in [0.15, 0.2) is 35.1 Å². The zero-order chi connectivity index (χ0) is 28.4. The molecule has 1 aromatic carbocycles. The molecule has 0 unspecified atom stereocenters. The molecule has 0 radical (unpaired) electrons. The van der Waals surface area contributed by atoms with Crippen LogP contribution >= 0.6 is 0 Å². The molecular formula is C25H27F3N6O4. The highest BCUT2D eigenvalue weighted by Gasteiger charge is 2.33. The predicted molar refractivity (Wildman–Crippen MR) is 136 cm³/mol. The van der Waals surface area contributed by atoms with E-state index in [9.17, 15) is 27.6 Å². The second-order valence-electron chi connectivity index (χ2n) is 9.71. The number of anilines is 2. The number of amides is 2. The van der Waals surface area contributed by atoms with E-state index in [2.05, 4.69) is 20.7 Å². The zero-order valence-electron chi connectivity index (χ0n) is 21.4. The van der Waals surface area contributed by atoms with Gasteiger partial charge in [-0.15, -0.1) is 0 Å². The van der Waals surface area contributed by atoms with Gasteiger partial charge >= 0.3 is 12.3 Å². The first-order chi connectivity index (χ1) is 17.6. The number of carbonyl (C=O) groups excluding carboxylic acids is 2. The molecule has 0 aliphatic heterocycles. The number of ether oxygens (including phenoxy) is 1. The molecule has 3 rings (SSSR count). The van der Waals surface area contributed by atoms with E-state index < -0.39 is 47.5 Å². The maximum Gasteiger partial charge on any atom is 0.433 e. The van der Waals surface area contributed by atoms with Gasteiger partial charge in [-0.25, -0.2) is 14.5 Å². The van der Waals surface area contributed by atoms with Crippen molar-refractivity contribution in [2.24, 2.45) is 0 Å². The van der Waals surface area contributed by atoms with Gasteiger partial charge in [-0.05, 0) is 57.0 Å². The van der Waals surface area contributed by atoms with Gasteiger partial charge < -0.3 is 15.5 Å². The minimum atomic E-state index is -4.69. The SMILES string of the molecule is CC(C)c1nn(CC(=O)Nc2ccc(C=N)c(NC(=O)OC(C)(C)C)c2)c(=O)c2ccc(C(F)(F)F)nc12. The monoisotopic (exact) mass is 532 g/mol. The third kappa shape index (κ3) is 6.72. The Bertz CT molecular complexity index is 1460. The summed E-state index contributed by atoms with van der Waals surface area (Å²) in [5, 5.41) is 16.7. The summed E-state index contributed by atoms with van der Waals surface area (Å²) in [5.74, 6) is -1.04. The summed E-state index contributed by atoms with van der Waals surface area (Å²) in [6, 6.07) is 6.15. The van der Waals surface area contributed by atoms with Gasteiger partial charge in [0, 0.05) is 17.5 Å². The predicted octanol–water partition coefficient (Wildman–Crippen LogP) is 4.92. The van der Waals surface area contributed by atoms with Gasteiger partial charge in [0.05, 0.1) is 16.8 Å². The van der Waals surface area contributed by atoms with Gasteiger partial charge in [0.15, 0.2) is 0 Å². The van der Waals surface area contributed by atoms with Crippen molar-refractivity contribution >= 4 is 40.5 Å². The molecule has 3 N–H and O–H groups in total. The molecule has 13 heteroatoms. The normalized spacial score (nSPS) is 11.9. The molecule has 0 saturated carbocycles. The second-order valence-corrected chi connectivity index (χ2v) is 9.71. The molecular weight excluding hydrogens is 505 g/mol. The molecule has 0 aliphatic carbocycles. The Hall–Kier alpha value is -4.29. The molecule has 38 heavy (non-hydrogen) atoms. The van der Waals surface area contributed by atoms with E-state index in [-0.39, 0.29) is 28.0 Å². The summed E-state index contributed by atoms with van der Waals surface area (Å²) < 4.78 is 45.6. The number of alkyl halides is 3. The highest BCUT2D eigenvalue weighted by atomic mass is 19.4. The first-order valence-corrected chi connectivity index (χ1v) is 11.5. The minimum absolute atomic E-state index is 0.0938. The Kier molecular flexibility index (Phi) is 7.89. The van der Waals surface area contributed by atoms with E-state index in [1.807, 2.05) is 0 Å². The van der Waals surface area contributed by atoms with Crippen LogP contribution in [0.4, 0.5) is 29.3 Å². The van der Waals surface area contributed by atoms with Crippen LogP contribution in [0.3, 0.4) is 0 Å². The lowest BCUT2D eigenvalue weighted by Gasteiger charge is -2.20. The molecule has 2 aromatic heterocycles. The van der Waals surface area contributed by atoms with Crippen molar-refractivity contribution in [1.82, 2.24) is 14.8 Å². The Balaban J connectivity index is 1.89. The molecule has 2 heterocycles. The van der Waals surface area contributed by atoms with Gasteiger partial charge in [0.25, 0.3) is 5.56 Å². The highest BCUT2D eigenvalue weighted by molar-refractivity contribution is 5.97. The number of nitrogens with one attached hydrogen (secondary N) is 3. The van der Waals surface area contributed by atoms with E-state index in [0.29, 0.717) is 11.6 Å². The smallest absolute Gasteiger partial charge is 0.433 e. The lowest BCUT2D eigenvalue weighted by atomic mass is 10.1. The summed E-state index contributed by atoms with van der Waals surface area (Å²) in [6.07, 6.45) is -4.43. The van der Waals surface area contributed by atoms with Crippen LogP contribution in [0.5, 0.6) is 0 Å². The fourth-order valence-electron chi connectivity index (χ4n) is 3.46. The molecule has 202 valence electrons.